The van der Waals surface area contributed by atoms with Gasteiger partial charge in [-0.2, -0.15) is 0 Å². The van der Waals surface area contributed by atoms with Crippen molar-refractivity contribution >= 4 is 12.2 Å². The van der Waals surface area contributed by atoms with E-state index in [-0.39, 0.29) is 11.7 Å². The topological polar surface area (TPSA) is 44.1 Å². The molecule has 132 valence electrons. The largest absolute Gasteiger partial charge is 0.473 e. The zero-order valence-electron chi connectivity index (χ0n) is 15.2. The summed E-state index contributed by atoms with van der Waals surface area (Å²) >= 11 is 0. The fraction of sp³-hybridized carbons (Fsp3) is 0.182. The van der Waals surface area contributed by atoms with E-state index in [2.05, 4.69) is 4.98 Å². The van der Waals surface area contributed by atoms with Gasteiger partial charge in [0.25, 0.3) is 5.56 Å². The van der Waals surface area contributed by atoms with Gasteiger partial charge in [0.2, 0.25) is 5.88 Å². The molecule has 2 aromatic carbocycles. The molecule has 0 atom stereocenters. The highest BCUT2D eigenvalue weighted by molar-refractivity contribution is 5.51. The Morgan fingerprint density at radius 3 is 2.00 bits per heavy atom. The summed E-state index contributed by atoms with van der Waals surface area (Å²) in [5.74, 6) is 0.452. The molecule has 0 N–H and O–H groups in total. The summed E-state index contributed by atoms with van der Waals surface area (Å²) in [7, 11) is 1.74. The molecular weight excluding hydrogens is 324 g/mol. The van der Waals surface area contributed by atoms with Gasteiger partial charge in [0.05, 0.1) is 6.10 Å². The summed E-state index contributed by atoms with van der Waals surface area (Å²) in [5, 5.41) is 1.01. The average Bonchev–Trinajstić information content (AvgIpc) is 2.64. The zero-order chi connectivity index (χ0) is 18.5. The summed E-state index contributed by atoms with van der Waals surface area (Å²) in [4.78, 5) is 17.3. The molecule has 4 nitrogen and oxygen atoms in total. The maximum atomic E-state index is 12.8. The Morgan fingerprint density at radius 2 is 1.46 bits per heavy atom. The minimum absolute atomic E-state index is 0.0486. The summed E-state index contributed by atoms with van der Waals surface area (Å²) in [5.41, 5.74) is 1.75. The van der Waals surface area contributed by atoms with Gasteiger partial charge in [0.1, 0.15) is 10.7 Å². The van der Waals surface area contributed by atoms with Crippen LogP contribution in [0.3, 0.4) is 0 Å². The molecule has 0 saturated heterocycles. The standard InChI is InChI=1S/C22H22N2O2/c1-16(2)26-21-20(15-18-12-8-5-9-13-18)24(3)22(25)19(23-21)14-17-10-6-4-7-11-17/h4-16H,1-3H3. The second-order valence-corrected chi connectivity index (χ2v) is 6.33. The van der Waals surface area contributed by atoms with Gasteiger partial charge in [-0.05, 0) is 37.1 Å². The Hall–Kier alpha value is -3.14. The summed E-state index contributed by atoms with van der Waals surface area (Å²) < 4.78 is 7.50. The van der Waals surface area contributed by atoms with Gasteiger partial charge in [-0.15, -0.1) is 0 Å². The van der Waals surface area contributed by atoms with Crippen LogP contribution in [0.15, 0.2) is 65.5 Å². The van der Waals surface area contributed by atoms with E-state index in [1.54, 1.807) is 17.7 Å². The highest BCUT2D eigenvalue weighted by Crippen LogP contribution is 2.03. The van der Waals surface area contributed by atoms with Crippen molar-refractivity contribution in [2.75, 3.05) is 0 Å². The van der Waals surface area contributed by atoms with Gasteiger partial charge in [0.15, 0.2) is 0 Å². The molecule has 3 aromatic rings. The van der Waals surface area contributed by atoms with Crippen molar-refractivity contribution in [1.29, 1.82) is 0 Å². The third-order valence-corrected chi connectivity index (χ3v) is 3.88. The monoisotopic (exact) mass is 346 g/mol. The maximum absolute atomic E-state index is 12.8. The van der Waals surface area contributed by atoms with Crippen LogP contribution in [0.4, 0.5) is 0 Å². The van der Waals surface area contributed by atoms with Gasteiger partial charge < -0.3 is 9.30 Å². The van der Waals surface area contributed by atoms with Crippen molar-refractivity contribution in [3.8, 4) is 5.88 Å². The molecule has 26 heavy (non-hydrogen) atoms. The predicted octanol–water partition coefficient (Wildman–Crippen LogP) is 2.23. The van der Waals surface area contributed by atoms with E-state index >= 15 is 0 Å². The fourth-order valence-corrected chi connectivity index (χ4v) is 2.62. The number of aromatic nitrogens is 2. The van der Waals surface area contributed by atoms with E-state index in [0.717, 1.165) is 11.1 Å². The number of hydrogen-bond acceptors (Lipinski definition) is 3. The van der Waals surface area contributed by atoms with Crippen LogP contribution in [0.5, 0.6) is 5.88 Å². The van der Waals surface area contributed by atoms with Crippen LogP contribution in [0.25, 0.3) is 12.2 Å². The molecule has 0 unspecified atom stereocenters. The molecule has 1 heterocycles. The van der Waals surface area contributed by atoms with Crippen LogP contribution < -0.4 is 21.0 Å². The molecule has 0 radical (unpaired) electrons. The summed E-state index contributed by atoms with van der Waals surface area (Å²) in [6.45, 7) is 3.89. The first-order valence-corrected chi connectivity index (χ1v) is 8.62. The highest BCUT2D eigenvalue weighted by Gasteiger charge is 2.08. The second kappa shape index (κ2) is 7.83. The second-order valence-electron chi connectivity index (χ2n) is 6.33. The molecule has 0 amide bonds. The van der Waals surface area contributed by atoms with Crippen molar-refractivity contribution in [2.24, 2.45) is 7.05 Å². The fourth-order valence-electron chi connectivity index (χ4n) is 2.62. The van der Waals surface area contributed by atoms with Gasteiger partial charge in [-0.25, -0.2) is 4.98 Å². The molecule has 0 spiro atoms. The average molecular weight is 346 g/mol. The van der Waals surface area contributed by atoms with Crippen LogP contribution in [0, 0.1) is 0 Å². The number of rotatable bonds is 4. The lowest BCUT2D eigenvalue weighted by Crippen LogP contribution is -2.44. The number of nitrogens with zero attached hydrogens (tertiary/aromatic N) is 2. The first kappa shape index (κ1) is 17.7. The van der Waals surface area contributed by atoms with E-state index in [1.165, 1.54) is 0 Å². The molecule has 0 aliphatic rings. The van der Waals surface area contributed by atoms with Crippen molar-refractivity contribution in [2.45, 2.75) is 20.0 Å². The molecule has 4 heteroatoms. The van der Waals surface area contributed by atoms with E-state index in [0.29, 0.717) is 16.6 Å². The van der Waals surface area contributed by atoms with Crippen molar-refractivity contribution in [3.63, 3.8) is 0 Å². The lowest BCUT2D eigenvalue weighted by molar-refractivity contribution is 0.226. The highest BCUT2D eigenvalue weighted by atomic mass is 16.5. The van der Waals surface area contributed by atoms with Gasteiger partial charge >= 0.3 is 0 Å². The first-order valence-electron chi connectivity index (χ1n) is 8.62. The Balaban J connectivity index is 2.26. The van der Waals surface area contributed by atoms with Crippen LogP contribution in [-0.2, 0) is 7.05 Å². The summed E-state index contributed by atoms with van der Waals surface area (Å²) in [6, 6.07) is 19.5. The quantitative estimate of drug-likeness (QED) is 0.728. The predicted molar refractivity (Wildman–Crippen MR) is 105 cm³/mol. The molecule has 0 saturated carbocycles. The molecule has 0 fully saturated rings. The molecule has 0 aliphatic carbocycles. The Bertz CT molecular complexity index is 1050. The lowest BCUT2D eigenvalue weighted by atomic mass is 10.2. The van der Waals surface area contributed by atoms with Crippen molar-refractivity contribution in [3.05, 3.63) is 92.8 Å². The van der Waals surface area contributed by atoms with E-state index < -0.39 is 0 Å². The minimum atomic E-state index is -0.160. The van der Waals surface area contributed by atoms with Crippen LogP contribution in [0.1, 0.15) is 25.0 Å². The van der Waals surface area contributed by atoms with E-state index in [9.17, 15) is 4.79 Å². The lowest BCUT2D eigenvalue weighted by Gasteiger charge is -2.11. The summed E-state index contributed by atoms with van der Waals surface area (Å²) in [6.07, 6.45) is 3.65. The minimum Gasteiger partial charge on any atom is -0.473 e. The number of benzene rings is 2. The van der Waals surface area contributed by atoms with Gasteiger partial charge in [0, 0.05) is 7.05 Å². The Morgan fingerprint density at radius 1 is 0.923 bits per heavy atom. The third-order valence-electron chi connectivity index (χ3n) is 3.88. The van der Waals surface area contributed by atoms with Gasteiger partial charge in [-0.3, -0.25) is 4.79 Å². The van der Waals surface area contributed by atoms with Crippen molar-refractivity contribution in [1.82, 2.24) is 9.55 Å². The molecule has 3 rings (SSSR count). The number of ether oxygens (including phenoxy) is 1. The zero-order valence-corrected chi connectivity index (χ0v) is 15.2. The first-order chi connectivity index (χ1) is 12.5. The maximum Gasteiger partial charge on any atom is 0.276 e. The van der Waals surface area contributed by atoms with Crippen molar-refractivity contribution < 1.29 is 4.74 Å². The third kappa shape index (κ3) is 4.09. The number of hydrogen-bond donors (Lipinski definition) is 0. The van der Waals surface area contributed by atoms with E-state index in [1.807, 2.05) is 80.6 Å². The van der Waals surface area contributed by atoms with E-state index in [4.69, 9.17) is 4.74 Å². The van der Waals surface area contributed by atoms with Gasteiger partial charge in [-0.1, -0.05) is 60.7 Å². The Kier molecular flexibility index (Phi) is 5.32. The van der Waals surface area contributed by atoms with Crippen LogP contribution >= 0.6 is 0 Å². The molecular formula is C22H22N2O2. The molecule has 0 aliphatic heterocycles. The Labute approximate surface area is 152 Å². The van der Waals surface area contributed by atoms with Crippen LogP contribution in [-0.4, -0.2) is 15.7 Å². The normalized spacial score (nSPS) is 12.6. The molecule has 0 bridgehead atoms. The smallest absolute Gasteiger partial charge is 0.276 e. The van der Waals surface area contributed by atoms with Crippen LogP contribution in [0.2, 0.25) is 0 Å². The molecule has 1 aromatic heterocycles. The SMILES string of the molecule is CC(C)Oc1nc(=Cc2ccccc2)c(=O)n(C)c1=Cc1ccccc1.